The van der Waals surface area contributed by atoms with Crippen LogP contribution < -0.4 is 0 Å². The lowest BCUT2D eigenvalue weighted by atomic mass is 9.48. The number of benzene rings is 1. The summed E-state index contributed by atoms with van der Waals surface area (Å²) in [5, 5.41) is 22.9. The summed E-state index contributed by atoms with van der Waals surface area (Å²) in [5.41, 5.74) is 3.70. The molecular formula is C26H32Cl2O2. The minimum absolute atomic E-state index is 0.0677. The van der Waals surface area contributed by atoms with E-state index < -0.39 is 6.10 Å². The Hall–Kier alpha value is -0.800. The molecule has 162 valence electrons. The largest absolute Gasteiger partial charge is 0.393 e. The Balaban J connectivity index is 1.48. The first-order chi connectivity index (χ1) is 14.2. The Morgan fingerprint density at radius 1 is 1.03 bits per heavy atom. The Morgan fingerprint density at radius 3 is 2.60 bits per heavy atom. The molecule has 0 saturated heterocycles. The first-order valence-corrected chi connectivity index (χ1v) is 12.2. The third-order valence-corrected chi connectivity index (χ3v) is 9.81. The Labute approximate surface area is 190 Å². The number of aliphatic hydroxyl groups excluding tert-OH is 2. The molecule has 0 radical (unpaired) electrons. The molecule has 30 heavy (non-hydrogen) atoms. The number of allylic oxidation sites excluding steroid dienone is 1. The summed E-state index contributed by atoms with van der Waals surface area (Å²) >= 11 is 12.5. The molecule has 3 fully saturated rings. The molecule has 7 atom stereocenters. The average molecular weight is 447 g/mol. The van der Waals surface area contributed by atoms with Gasteiger partial charge in [-0.05, 0) is 91.4 Å². The summed E-state index contributed by atoms with van der Waals surface area (Å²) in [6.45, 7) is 4.74. The quantitative estimate of drug-likeness (QED) is 0.472. The third kappa shape index (κ3) is 3.13. The van der Waals surface area contributed by atoms with Gasteiger partial charge >= 0.3 is 0 Å². The number of aliphatic hydroxyl groups is 2. The summed E-state index contributed by atoms with van der Waals surface area (Å²) in [7, 11) is 0. The maximum absolute atomic E-state index is 11.4. The Morgan fingerprint density at radius 2 is 1.83 bits per heavy atom. The van der Waals surface area contributed by atoms with Gasteiger partial charge in [0.25, 0.3) is 0 Å². The van der Waals surface area contributed by atoms with Crippen LogP contribution >= 0.6 is 23.2 Å². The third-order valence-electron chi connectivity index (χ3n) is 9.25. The van der Waals surface area contributed by atoms with Crippen molar-refractivity contribution in [3.05, 3.63) is 51.0 Å². The van der Waals surface area contributed by atoms with Gasteiger partial charge in [-0.3, -0.25) is 0 Å². The van der Waals surface area contributed by atoms with Crippen LogP contribution in [-0.4, -0.2) is 22.4 Å². The lowest BCUT2D eigenvalue weighted by molar-refractivity contribution is -0.0685. The molecule has 4 aliphatic rings. The van der Waals surface area contributed by atoms with E-state index in [0.717, 1.165) is 49.7 Å². The number of halogens is 2. The predicted molar refractivity (Wildman–Crippen MR) is 124 cm³/mol. The molecule has 1 aromatic carbocycles. The fourth-order valence-electron chi connectivity index (χ4n) is 7.46. The monoisotopic (exact) mass is 446 g/mol. The molecule has 5 rings (SSSR count). The molecule has 4 heteroatoms. The van der Waals surface area contributed by atoms with Gasteiger partial charge in [0.2, 0.25) is 0 Å². The fourth-order valence-corrected chi connectivity index (χ4v) is 7.92. The second-order valence-corrected chi connectivity index (χ2v) is 11.5. The Bertz CT molecular complexity index is 922. The number of hydrogen-bond acceptors (Lipinski definition) is 2. The van der Waals surface area contributed by atoms with Crippen molar-refractivity contribution in [3.8, 4) is 0 Å². The lowest BCUT2D eigenvalue weighted by Gasteiger charge is -2.57. The van der Waals surface area contributed by atoms with Crippen LogP contribution in [0.5, 0.6) is 0 Å². The van der Waals surface area contributed by atoms with E-state index >= 15 is 0 Å². The van der Waals surface area contributed by atoms with E-state index in [1.807, 2.05) is 12.1 Å². The smallest absolute Gasteiger partial charge is 0.0809 e. The molecule has 2 N–H and O–H groups in total. The van der Waals surface area contributed by atoms with Crippen molar-refractivity contribution < 1.29 is 10.2 Å². The van der Waals surface area contributed by atoms with E-state index in [2.05, 4.69) is 26.0 Å². The highest BCUT2D eigenvalue weighted by Gasteiger charge is 2.59. The lowest BCUT2D eigenvalue weighted by Crippen LogP contribution is -2.51. The maximum Gasteiger partial charge on any atom is 0.0809 e. The molecule has 3 saturated carbocycles. The summed E-state index contributed by atoms with van der Waals surface area (Å²) in [4.78, 5) is 0. The number of hydrogen-bond donors (Lipinski definition) is 2. The van der Waals surface area contributed by atoms with Crippen LogP contribution in [0.2, 0.25) is 10.0 Å². The maximum atomic E-state index is 11.4. The minimum atomic E-state index is -0.415. The minimum Gasteiger partial charge on any atom is -0.393 e. The predicted octanol–water partition coefficient (Wildman–Crippen LogP) is 6.67. The van der Waals surface area contributed by atoms with Crippen molar-refractivity contribution in [2.45, 2.75) is 71.0 Å². The van der Waals surface area contributed by atoms with E-state index in [0.29, 0.717) is 27.8 Å². The van der Waals surface area contributed by atoms with Gasteiger partial charge in [0.1, 0.15) is 0 Å². The van der Waals surface area contributed by atoms with Gasteiger partial charge < -0.3 is 10.2 Å². The second-order valence-electron chi connectivity index (χ2n) is 10.7. The zero-order valence-corrected chi connectivity index (χ0v) is 19.4. The van der Waals surface area contributed by atoms with Crippen LogP contribution in [0.25, 0.3) is 6.08 Å². The fraction of sp³-hybridized carbons (Fsp3) is 0.615. The van der Waals surface area contributed by atoms with Crippen molar-refractivity contribution >= 4 is 29.3 Å². The van der Waals surface area contributed by atoms with E-state index in [1.165, 1.54) is 12.0 Å². The van der Waals surface area contributed by atoms with Gasteiger partial charge in [0.05, 0.1) is 12.2 Å². The normalized spacial score (nSPS) is 44.3. The summed E-state index contributed by atoms with van der Waals surface area (Å²) in [6.07, 6.45) is 11.1. The molecule has 0 unspecified atom stereocenters. The van der Waals surface area contributed by atoms with E-state index in [1.54, 1.807) is 6.07 Å². The van der Waals surface area contributed by atoms with E-state index in [9.17, 15) is 10.2 Å². The van der Waals surface area contributed by atoms with Crippen molar-refractivity contribution in [3.63, 3.8) is 0 Å². The molecule has 0 aromatic heterocycles. The van der Waals surface area contributed by atoms with Gasteiger partial charge in [-0.1, -0.05) is 60.8 Å². The van der Waals surface area contributed by atoms with E-state index in [-0.39, 0.29) is 16.9 Å². The van der Waals surface area contributed by atoms with Gasteiger partial charge in [0.15, 0.2) is 0 Å². The molecule has 0 amide bonds. The van der Waals surface area contributed by atoms with Crippen LogP contribution in [0.3, 0.4) is 0 Å². The topological polar surface area (TPSA) is 40.5 Å². The first kappa shape index (κ1) is 21.1. The Kier molecular flexibility index (Phi) is 5.18. The average Bonchev–Trinajstić information content (AvgIpc) is 2.95. The molecule has 0 heterocycles. The summed E-state index contributed by atoms with van der Waals surface area (Å²) < 4.78 is 0. The molecule has 0 bridgehead atoms. The highest BCUT2D eigenvalue weighted by molar-refractivity contribution is 6.35. The molecule has 1 aromatic rings. The zero-order chi connectivity index (χ0) is 21.3. The molecule has 4 aliphatic carbocycles. The summed E-state index contributed by atoms with van der Waals surface area (Å²) in [5.74, 6) is 1.76. The van der Waals surface area contributed by atoms with Gasteiger partial charge in [-0.2, -0.15) is 0 Å². The van der Waals surface area contributed by atoms with Gasteiger partial charge in [-0.15, -0.1) is 0 Å². The highest BCUT2D eigenvalue weighted by atomic mass is 35.5. The number of fused-ring (bicyclic) bond motifs is 5. The molecule has 2 nitrogen and oxygen atoms in total. The van der Waals surface area contributed by atoms with E-state index in [4.69, 9.17) is 23.2 Å². The SMILES string of the molecule is C[C@@]12CC[C@@H]3[C@H](CC=C4C[C@@H](O)CC[C@@]43C)[C@H]1C/C(=C/c1ccc(Cl)cc1Cl)[C@H]2O. The van der Waals surface area contributed by atoms with Crippen LogP contribution in [0, 0.1) is 28.6 Å². The molecular weight excluding hydrogens is 415 g/mol. The van der Waals surface area contributed by atoms with Crippen LogP contribution in [0.1, 0.15) is 64.4 Å². The van der Waals surface area contributed by atoms with Crippen LogP contribution in [-0.2, 0) is 0 Å². The van der Waals surface area contributed by atoms with Gasteiger partial charge in [-0.25, -0.2) is 0 Å². The zero-order valence-electron chi connectivity index (χ0n) is 17.9. The van der Waals surface area contributed by atoms with Crippen molar-refractivity contribution in [2.24, 2.45) is 28.6 Å². The van der Waals surface area contributed by atoms with Crippen molar-refractivity contribution in [1.82, 2.24) is 0 Å². The van der Waals surface area contributed by atoms with Crippen LogP contribution in [0.4, 0.5) is 0 Å². The summed E-state index contributed by atoms with van der Waals surface area (Å²) in [6, 6.07) is 5.58. The highest BCUT2D eigenvalue weighted by Crippen LogP contribution is 2.65. The molecule has 0 aliphatic heterocycles. The van der Waals surface area contributed by atoms with Crippen LogP contribution in [0.15, 0.2) is 35.4 Å². The second kappa shape index (κ2) is 7.37. The van der Waals surface area contributed by atoms with Crippen molar-refractivity contribution in [1.29, 1.82) is 0 Å². The first-order valence-electron chi connectivity index (χ1n) is 11.4. The molecule has 0 spiro atoms. The van der Waals surface area contributed by atoms with Crippen molar-refractivity contribution in [2.75, 3.05) is 0 Å². The number of rotatable bonds is 1. The standard InChI is InChI=1S/C26H32Cl2O2/c1-25-9-7-19(29)13-17(25)4-6-20-21(25)8-10-26(2)22(20)12-16(24(26)30)11-15-3-5-18(27)14-23(15)28/h3-5,11,14,19-22,24,29-30H,6-10,12-13H2,1-2H3/b16-11-/t19-,20-,21+,22+,24+,25-,26+/m0/s1. The van der Waals surface area contributed by atoms with Gasteiger partial charge in [0, 0.05) is 15.5 Å².